The summed E-state index contributed by atoms with van der Waals surface area (Å²) >= 11 is 0. The Morgan fingerprint density at radius 2 is 1.79 bits per heavy atom. The van der Waals surface area contributed by atoms with Crippen molar-refractivity contribution in [2.75, 3.05) is 21.3 Å². The first-order valence-electron chi connectivity index (χ1n) is 7.26. The molecule has 2 aromatic rings. The van der Waals surface area contributed by atoms with E-state index in [0.717, 1.165) is 5.39 Å². The number of hydrogen-bond acceptors (Lipinski definition) is 6. The van der Waals surface area contributed by atoms with E-state index in [0.29, 0.717) is 11.1 Å². The monoisotopic (exact) mass is 353 g/mol. The lowest BCUT2D eigenvalue weighted by molar-refractivity contribution is -0.140. The zero-order valence-corrected chi connectivity index (χ0v) is 14.9. The molecule has 2 rings (SSSR count). The van der Waals surface area contributed by atoms with E-state index in [2.05, 4.69) is 0 Å². The van der Waals surface area contributed by atoms with Crippen LogP contribution >= 0.6 is 7.60 Å². The van der Waals surface area contributed by atoms with Crippen LogP contribution in [0.15, 0.2) is 30.5 Å². The zero-order chi connectivity index (χ0) is 17.9. The van der Waals surface area contributed by atoms with Crippen molar-refractivity contribution in [3.63, 3.8) is 0 Å². The van der Waals surface area contributed by atoms with E-state index in [4.69, 9.17) is 13.8 Å². The smallest absolute Gasteiger partial charge is 0.344 e. The van der Waals surface area contributed by atoms with Gasteiger partial charge in [0.05, 0.1) is 12.6 Å². The molecule has 0 aliphatic carbocycles. The summed E-state index contributed by atoms with van der Waals surface area (Å²) in [5, 5.41) is 0.792. The van der Waals surface area contributed by atoms with Crippen LogP contribution in [0.5, 0.6) is 0 Å². The van der Waals surface area contributed by atoms with Crippen LogP contribution in [0.4, 0.5) is 0 Å². The molecule has 1 aromatic carbocycles. The van der Waals surface area contributed by atoms with Gasteiger partial charge in [0.2, 0.25) is 5.91 Å². The molecule has 130 valence electrons. The fourth-order valence-corrected chi connectivity index (χ4v) is 4.11. The van der Waals surface area contributed by atoms with Crippen molar-refractivity contribution in [2.45, 2.75) is 19.0 Å². The number of nitrogens with zero attached hydrogens (tertiary/aromatic N) is 1. The van der Waals surface area contributed by atoms with Crippen molar-refractivity contribution in [1.29, 1.82) is 0 Å². The number of ether oxygens (including phenoxy) is 1. The lowest BCUT2D eigenvalue weighted by atomic mass is 10.1. The molecule has 0 saturated carbocycles. The maximum absolute atomic E-state index is 12.7. The maximum atomic E-state index is 12.7. The van der Waals surface area contributed by atoms with Crippen LogP contribution in [0, 0.1) is 0 Å². The summed E-state index contributed by atoms with van der Waals surface area (Å²) in [6.45, 7) is 1.45. The molecule has 0 amide bonds. The van der Waals surface area contributed by atoms with E-state index in [9.17, 15) is 14.2 Å². The molecule has 0 aliphatic heterocycles. The van der Waals surface area contributed by atoms with Gasteiger partial charge in [-0.05, 0) is 18.1 Å². The highest BCUT2D eigenvalue weighted by atomic mass is 31.2. The molecule has 1 aromatic heterocycles. The van der Waals surface area contributed by atoms with Gasteiger partial charge in [-0.3, -0.25) is 18.7 Å². The molecule has 0 fully saturated rings. The number of aromatic nitrogens is 1. The van der Waals surface area contributed by atoms with Gasteiger partial charge >= 0.3 is 13.6 Å². The summed E-state index contributed by atoms with van der Waals surface area (Å²) in [5.74, 6) is -0.851. The van der Waals surface area contributed by atoms with Crippen molar-refractivity contribution >= 4 is 30.4 Å². The quantitative estimate of drug-likeness (QED) is 0.586. The highest BCUT2D eigenvalue weighted by molar-refractivity contribution is 7.55. The van der Waals surface area contributed by atoms with Gasteiger partial charge < -0.3 is 13.8 Å². The molecule has 0 radical (unpaired) electrons. The number of para-hydroxylation sites is 1. The highest BCUT2D eigenvalue weighted by Gasteiger charge is 2.41. The lowest BCUT2D eigenvalue weighted by Crippen LogP contribution is -2.26. The van der Waals surface area contributed by atoms with Crippen LogP contribution in [-0.4, -0.2) is 43.4 Å². The second-order valence-electron chi connectivity index (χ2n) is 5.21. The SMILES string of the molecule is COC(=O)[C@H](Cc1cn(C(C)=O)c2ccccc12)P(=O)(OC)OC. The molecular formula is C16H20NO6P. The second kappa shape index (κ2) is 7.30. The fourth-order valence-electron chi connectivity index (χ4n) is 2.67. The third-order valence-corrected chi connectivity index (χ3v) is 6.09. The third kappa shape index (κ3) is 3.29. The Bertz CT molecular complexity index is 804. The summed E-state index contributed by atoms with van der Waals surface area (Å²) in [5.41, 5.74) is 0.280. The van der Waals surface area contributed by atoms with E-state index >= 15 is 0 Å². The van der Waals surface area contributed by atoms with Crippen molar-refractivity contribution in [3.05, 3.63) is 36.0 Å². The van der Waals surface area contributed by atoms with E-state index in [1.165, 1.54) is 32.8 Å². The number of benzene rings is 1. The van der Waals surface area contributed by atoms with Crippen molar-refractivity contribution in [3.8, 4) is 0 Å². The van der Waals surface area contributed by atoms with Crippen LogP contribution in [0.3, 0.4) is 0 Å². The Morgan fingerprint density at radius 3 is 2.33 bits per heavy atom. The maximum Gasteiger partial charge on any atom is 0.344 e. The van der Waals surface area contributed by atoms with Crippen LogP contribution in [0.25, 0.3) is 10.9 Å². The van der Waals surface area contributed by atoms with Gasteiger partial charge in [-0.25, -0.2) is 0 Å². The van der Waals surface area contributed by atoms with E-state index in [1.807, 2.05) is 18.2 Å². The predicted octanol–water partition coefficient (Wildman–Crippen LogP) is 2.87. The van der Waals surface area contributed by atoms with Crippen molar-refractivity contribution < 1.29 is 27.9 Å². The van der Waals surface area contributed by atoms with Crippen LogP contribution in [0.2, 0.25) is 0 Å². The summed E-state index contributed by atoms with van der Waals surface area (Å²) < 4.78 is 28.9. The first-order valence-corrected chi connectivity index (χ1v) is 8.88. The van der Waals surface area contributed by atoms with E-state index in [1.54, 1.807) is 12.3 Å². The minimum absolute atomic E-state index is 0.0619. The number of fused-ring (bicyclic) bond motifs is 1. The van der Waals surface area contributed by atoms with Crippen LogP contribution in [0.1, 0.15) is 17.3 Å². The number of carbonyl (C=O) groups excluding carboxylic acids is 2. The molecular weight excluding hydrogens is 333 g/mol. The van der Waals surface area contributed by atoms with Gasteiger partial charge in [-0.1, -0.05) is 18.2 Å². The van der Waals surface area contributed by atoms with Crippen molar-refractivity contribution in [1.82, 2.24) is 4.57 Å². The predicted molar refractivity (Wildman–Crippen MR) is 89.4 cm³/mol. The van der Waals surface area contributed by atoms with Gasteiger partial charge in [-0.2, -0.15) is 0 Å². The largest absolute Gasteiger partial charge is 0.468 e. The molecule has 0 spiro atoms. The average Bonchev–Trinajstić information content (AvgIpc) is 2.97. The topological polar surface area (TPSA) is 83.8 Å². The molecule has 0 aliphatic rings. The van der Waals surface area contributed by atoms with Crippen LogP contribution in [-0.2, 0) is 29.6 Å². The normalized spacial score (nSPS) is 13.0. The minimum Gasteiger partial charge on any atom is -0.468 e. The van der Waals surface area contributed by atoms with Gasteiger partial charge in [-0.15, -0.1) is 0 Å². The standard InChI is InChI=1S/C16H20NO6P/c1-11(18)17-10-12(13-7-5-6-8-14(13)17)9-15(16(19)21-2)24(20,22-3)23-4/h5-8,10,15H,9H2,1-4H3/t15-/m0/s1. The molecule has 0 unspecified atom stereocenters. The lowest BCUT2D eigenvalue weighted by Gasteiger charge is -2.22. The zero-order valence-electron chi connectivity index (χ0n) is 14.0. The molecule has 24 heavy (non-hydrogen) atoms. The Labute approximate surface area is 140 Å². The number of rotatable bonds is 6. The van der Waals surface area contributed by atoms with Crippen LogP contribution < -0.4 is 0 Å². The summed E-state index contributed by atoms with van der Waals surface area (Å²) in [7, 11) is -0.0359. The van der Waals surface area contributed by atoms with Gasteiger partial charge in [0.25, 0.3) is 0 Å². The molecule has 1 atom stereocenters. The number of carbonyl (C=O) groups is 2. The number of methoxy groups -OCH3 is 1. The Kier molecular flexibility index (Phi) is 5.59. The number of esters is 1. The van der Waals surface area contributed by atoms with Gasteiger partial charge in [0.1, 0.15) is 0 Å². The summed E-state index contributed by atoms with van der Waals surface area (Å²) in [6, 6.07) is 7.29. The third-order valence-electron chi connectivity index (χ3n) is 3.91. The summed E-state index contributed by atoms with van der Waals surface area (Å²) in [4.78, 5) is 24.0. The Balaban J connectivity index is 2.54. The second-order valence-corrected chi connectivity index (χ2v) is 7.64. The highest BCUT2D eigenvalue weighted by Crippen LogP contribution is 2.53. The van der Waals surface area contributed by atoms with Gasteiger partial charge in [0.15, 0.2) is 5.66 Å². The van der Waals surface area contributed by atoms with Crippen molar-refractivity contribution in [2.24, 2.45) is 0 Å². The average molecular weight is 353 g/mol. The molecule has 8 heteroatoms. The Morgan fingerprint density at radius 1 is 1.17 bits per heavy atom. The molecule has 0 saturated heterocycles. The molecule has 0 N–H and O–H groups in total. The molecule has 1 heterocycles. The summed E-state index contributed by atoms with van der Waals surface area (Å²) in [6.07, 6.45) is 1.70. The first-order chi connectivity index (χ1) is 11.4. The fraction of sp³-hybridized carbons (Fsp3) is 0.375. The van der Waals surface area contributed by atoms with E-state index in [-0.39, 0.29) is 12.3 Å². The van der Waals surface area contributed by atoms with E-state index < -0.39 is 19.2 Å². The molecule has 7 nitrogen and oxygen atoms in total. The Hall–Kier alpha value is -1.95. The molecule has 0 bridgehead atoms. The number of hydrogen-bond donors (Lipinski definition) is 0. The first kappa shape index (κ1) is 18.4. The minimum atomic E-state index is -3.69. The van der Waals surface area contributed by atoms with Gasteiger partial charge in [0, 0.05) is 32.7 Å².